The number of benzene rings is 1. The average Bonchev–Trinajstić information content (AvgIpc) is 2.57. The zero-order chi connectivity index (χ0) is 13.2. The highest BCUT2D eigenvalue weighted by Crippen LogP contribution is 2.24. The molecule has 0 aliphatic carbocycles. The first-order valence-corrected chi connectivity index (χ1v) is 7.95. The van der Waals surface area contributed by atoms with Crippen molar-refractivity contribution in [3.63, 3.8) is 0 Å². The first-order valence-electron chi connectivity index (χ1n) is 6.24. The molecule has 1 unspecified atom stereocenters. The zero-order valence-corrected chi connectivity index (χ0v) is 11.3. The molecule has 2 rings (SSSR count). The molecule has 1 saturated heterocycles. The lowest BCUT2D eigenvalue weighted by atomic mass is 10.1. The molecule has 1 aromatic rings. The van der Waals surface area contributed by atoms with E-state index in [1.165, 1.54) is 0 Å². The van der Waals surface area contributed by atoms with Gasteiger partial charge in [0.15, 0.2) is 9.84 Å². The molecular weight excluding hydrogens is 250 g/mol. The first-order chi connectivity index (χ1) is 8.51. The SMILES string of the molecule is CCNC1C[C@@H](Cc2ccc(O)cc2)S(=O)(=O)C1. The summed E-state index contributed by atoms with van der Waals surface area (Å²) in [6.07, 6.45) is 1.21. The second kappa shape index (κ2) is 5.28. The van der Waals surface area contributed by atoms with Crippen LogP contribution in [-0.4, -0.2) is 37.1 Å². The fourth-order valence-corrected chi connectivity index (χ4v) is 4.54. The van der Waals surface area contributed by atoms with E-state index in [-0.39, 0.29) is 22.8 Å². The molecule has 0 aromatic heterocycles. The van der Waals surface area contributed by atoms with Crippen molar-refractivity contribution in [3.05, 3.63) is 29.8 Å². The van der Waals surface area contributed by atoms with E-state index in [0.29, 0.717) is 12.8 Å². The number of hydrogen-bond acceptors (Lipinski definition) is 4. The maximum absolute atomic E-state index is 12.0. The zero-order valence-electron chi connectivity index (χ0n) is 10.5. The quantitative estimate of drug-likeness (QED) is 0.859. The van der Waals surface area contributed by atoms with Crippen LogP contribution in [-0.2, 0) is 16.3 Å². The summed E-state index contributed by atoms with van der Waals surface area (Å²) < 4.78 is 24.1. The van der Waals surface area contributed by atoms with Gasteiger partial charge in [0.05, 0.1) is 11.0 Å². The molecule has 1 aliphatic rings. The summed E-state index contributed by atoms with van der Waals surface area (Å²) in [5.41, 5.74) is 0.957. The van der Waals surface area contributed by atoms with Crippen molar-refractivity contribution in [1.29, 1.82) is 0 Å². The standard InChI is InChI=1S/C13H19NO3S/c1-2-14-11-8-13(18(16,17)9-11)7-10-3-5-12(15)6-4-10/h3-6,11,13-15H,2,7-9H2,1H3/t11?,13-/m1/s1. The molecule has 18 heavy (non-hydrogen) atoms. The van der Waals surface area contributed by atoms with Gasteiger partial charge in [-0.25, -0.2) is 8.42 Å². The normalized spacial score (nSPS) is 26.3. The summed E-state index contributed by atoms with van der Waals surface area (Å²) in [5, 5.41) is 12.1. The molecule has 0 saturated carbocycles. The molecule has 1 aromatic carbocycles. The second-order valence-electron chi connectivity index (χ2n) is 4.81. The number of aromatic hydroxyl groups is 1. The van der Waals surface area contributed by atoms with Crippen molar-refractivity contribution < 1.29 is 13.5 Å². The topological polar surface area (TPSA) is 66.4 Å². The highest BCUT2D eigenvalue weighted by molar-refractivity contribution is 7.92. The summed E-state index contributed by atoms with van der Waals surface area (Å²) >= 11 is 0. The first kappa shape index (κ1) is 13.4. The molecule has 100 valence electrons. The van der Waals surface area contributed by atoms with Crippen LogP contribution in [0.4, 0.5) is 0 Å². The maximum atomic E-state index is 12.0. The van der Waals surface area contributed by atoms with Gasteiger partial charge in [-0.15, -0.1) is 0 Å². The fraction of sp³-hybridized carbons (Fsp3) is 0.538. The van der Waals surface area contributed by atoms with Crippen molar-refractivity contribution in [3.8, 4) is 5.75 Å². The molecule has 4 nitrogen and oxygen atoms in total. The predicted octanol–water partition coefficient (Wildman–Crippen LogP) is 1.10. The largest absolute Gasteiger partial charge is 0.508 e. The van der Waals surface area contributed by atoms with E-state index < -0.39 is 9.84 Å². The summed E-state index contributed by atoms with van der Waals surface area (Å²) in [4.78, 5) is 0. The Morgan fingerprint density at radius 1 is 1.33 bits per heavy atom. The van der Waals surface area contributed by atoms with Gasteiger partial charge in [-0.3, -0.25) is 0 Å². The molecule has 5 heteroatoms. The van der Waals surface area contributed by atoms with Crippen LogP contribution in [0.15, 0.2) is 24.3 Å². The van der Waals surface area contributed by atoms with Crippen LogP contribution >= 0.6 is 0 Å². The number of hydrogen-bond donors (Lipinski definition) is 2. The van der Waals surface area contributed by atoms with Crippen LogP contribution < -0.4 is 5.32 Å². The number of phenolic OH excluding ortho intramolecular Hbond substituents is 1. The Labute approximate surface area is 108 Å². The minimum atomic E-state index is -2.99. The van der Waals surface area contributed by atoms with Gasteiger partial charge in [0.2, 0.25) is 0 Å². The van der Waals surface area contributed by atoms with E-state index in [1.54, 1.807) is 24.3 Å². The molecule has 0 amide bonds. The van der Waals surface area contributed by atoms with Crippen LogP contribution in [0.3, 0.4) is 0 Å². The predicted molar refractivity (Wildman–Crippen MR) is 71.5 cm³/mol. The minimum Gasteiger partial charge on any atom is -0.508 e. The summed E-state index contributed by atoms with van der Waals surface area (Å²) in [6.45, 7) is 2.78. The van der Waals surface area contributed by atoms with E-state index in [9.17, 15) is 13.5 Å². The lowest BCUT2D eigenvalue weighted by molar-refractivity contribution is 0.475. The van der Waals surface area contributed by atoms with E-state index in [0.717, 1.165) is 12.1 Å². The Balaban J connectivity index is 2.07. The van der Waals surface area contributed by atoms with Gasteiger partial charge in [-0.1, -0.05) is 19.1 Å². The maximum Gasteiger partial charge on any atom is 0.155 e. The monoisotopic (exact) mass is 269 g/mol. The number of nitrogens with one attached hydrogen (secondary N) is 1. The van der Waals surface area contributed by atoms with E-state index in [2.05, 4.69) is 5.32 Å². The number of rotatable bonds is 4. The van der Waals surface area contributed by atoms with Crippen LogP contribution in [0.5, 0.6) is 5.75 Å². The Kier molecular flexibility index (Phi) is 3.92. The smallest absolute Gasteiger partial charge is 0.155 e. The van der Waals surface area contributed by atoms with E-state index in [4.69, 9.17) is 0 Å². The number of sulfone groups is 1. The highest BCUT2D eigenvalue weighted by Gasteiger charge is 2.37. The van der Waals surface area contributed by atoms with Gasteiger partial charge in [0.1, 0.15) is 5.75 Å². The third-order valence-corrected chi connectivity index (χ3v) is 5.62. The Morgan fingerprint density at radius 3 is 2.61 bits per heavy atom. The molecule has 2 N–H and O–H groups in total. The Morgan fingerprint density at radius 2 is 2.00 bits per heavy atom. The highest BCUT2D eigenvalue weighted by atomic mass is 32.2. The molecule has 0 spiro atoms. The molecule has 2 atom stereocenters. The van der Waals surface area contributed by atoms with Crippen molar-refractivity contribution in [2.24, 2.45) is 0 Å². The fourth-order valence-electron chi connectivity index (χ4n) is 2.48. The average molecular weight is 269 g/mol. The van der Waals surface area contributed by atoms with Crippen molar-refractivity contribution in [1.82, 2.24) is 5.32 Å². The van der Waals surface area contributed by atoms with Crippen LogP contribution in [0.1, 0.15) is 18.9 Å². The third-order valence-electron chi connectivity index (χ3n) is 3.38. The molecular formula is C13H19NO3S. The summed E-state index contributed by atoms with van der Waals surface area (Å²) in [5.74, 6) is 0.447. The van der Waals surface area contributed by atoms with Gasteiger partial charge >= 0.3 is 0 Å². The van der Waals surface area contributed by atoms with Crippen molar-refractivity contribution in [2.45, 2.75) is 31.1 Å². The van der Waals surface area contributed by atoms with Gasteiger partial charge in [0, 0.05) is 6.04 Å². The van der Waals surface area contributed by atoms with E-state index in [1.807, 2.05) is 6.92 Å². The molecule has 1 heterocycles. The van der Waals surface area contributed by atoms with Gasteiger partial charge in [-0.05, 0) is 37.1 Å². The number of phenols is 1. The Bertz CT molecular complexity index is 495. The minimum absolute atomic E-state index is 0.0853. The summed E-state index contributed by atoms with van der Waals surface area (Å²) in [7, 11) is -2.99. The third kappa shape index (κ3) is 3.03. The van der Waals surface area contributed by atoms with E-state index >= 15 is 0 Å². The van der Waals surface area contributed by atoms with Gasteiger partial charge in [0.25, 0.3) is 0 Å². The molecule has 1 fully saturated rings. The lowest BCUT2D eigenvalue weighted by Crippen LogP contribution is -2.29. The van der Waals surface area contributed by atoms with Crippen LogP contribution in [0.2, 0.25) is 0 Å². The van der Waals surface area contributed by atoms with Gasteiger partial charge < -0.3 is 10.4 Å². The van der Waals surface area contributed by atoms with Crippen LogP contribution in [0, 0.1) is 0 Å². The van der Waals surface area contributed by atoms with Crippen molar-refractivity contribution >= 4 is 9.84 Å². The molecule has 0 bridgehead atoms. The molecule has 0 radical (unpaired) electrons. The Hall–Kier alpha value is -1.07. The van der Waals surface area contributed by atoms with Crippen LogP contribution in [0.25, 0.3) is 0 Å². The molecule has 1 aliphatic heterocycles. The lowest BCUT2D eigenvalue weighted by Gasteiger charge is -2.10. The van der Waals surface area contributed by atoms with Crippen molar-refractivity contribution in [2.75, 3.05) is 12.3 Å². The summed E-state index contributed by atoms with van der Waals surface area (Å²) in [6, 6.07) is 6.84. The second-order valence-corrected chi connectivity index (χ2v) is 7.14. The van der Waals surface area contributed by atoms with Gasteiger partial charge in [-0.2, -0.15) is 0 Å².